The van der Waals surface area contributed by atoms with E-state index in [1.807, 2.05) is 42.5 Å². The Kier molecular flexibility index (Phi) is 4.65. The van der Waals surface area contributed by atoms with Crippen LogP contribution in [0, 0.1) is 11.3 Å². The third-order valence-corrected chi connectivity index (χ3v) is 3.05. The van der Waals surface area contributed by atoms with Crippen molar-refractivity contribution >= 4 is 17.6 Å². The molecule has 0 saturated heterocycles. The Morgan fingerprint density at radius 1 is 1.22 bits per heavy atom. The van der Waals surface area contributed by atoms with Crippen LogP contribution >= 0.6 is 0 Å². The lowest BCUT2D eigenvalue weighted by Crippen LogP contribution is -2.12. The van der Waals surface area contributed by atoms with Crippen LogP contribution in [0.4, 0.5) is 5.69 Å². The van der Waals surface area contributed by atoms with E-state index in [9.17, 15) is 0 Å². The smallest absolute Gasteiger partial charge is 0.0629 e. The molecule has 0 radical (unpaired) electrons. The van der Waals surface area contributed by atoms with E-state index in [-0.39, 0.29) is 0 Å². The molecular formula is C16H18N2. The summed E-state index contributed by atoms with van der Waals surface area (Å²) in [6.45, 7) is 0. The van der Waals surface area contributed by atoms with Crippen molar-refractivity contribution in [2.45, 2.75) is 19.3 Å². The zero-order valence-corrected chi connectivity index (χ0v) is 10.4. The van der Waals surface area contributed by atoms with E-state index in [0.29, 0.717) is 11.6 Å². The van der Waals surface area contributed by atoms with Gasteiger partial charge < -0.3 is 5.41 Å². The van der Waals surface area contributed by atoms with Crippen LogP contribution in [0.15, 0.2) is 59.6 Å². The van der Waals surface area contributed by atoms with Crippen molar-refractivity contribution in [3.05, 3.63) is 54.6 Å². The van der Waals surface area contributed by atoms with Gasteiger partial charge >= 0.3 is 0 Å². The molecule has 1 aliphatic carbocycles. The number of rotatable bonds is 4. The van der Waals surface area contributed by atoms with Crippen molar-refractivity contribution in [2.75, 3.05) is 0 Å². The number of hydrogen-bond donors (Lipinski definition) is 1. The van der Waals surface area contributed by atoms with Crippen molar-refractivity contribution in [1.82, 2.24) is 0 Å². The summed E-state index contributed by atoms with van der Waals surface area (Å²) in [5.74, 6) is 0.386. The average molecular weight is 238 g/mol. The van der Waals surface area contributed by atoms with Gasteiger partial charge in [-0.05, 0) is 43.5 Å². The molecule has 0 saturated carbocycles. The van der Waals surface area contributed by atoms with Crippen LogP contribution in [0.1, 0.15) is 19.3 Å². The highest BCUT2D eigenvalue weighted by Gasteiger charge is 2.12. The zero-order chi connectivity index (χ0) is 12.6. The van der Waals surface area contributed by atoms with E-state index in [0.717, 1.165) is 24.9 Å². The van der Waals surface area contributed by atoms with Crippen LogP contribution in [-0.4, -0.2) is 11.9 Å². The number of para-hydroxylation sites is 1. The Morgan fingerprint density at radius 3 is 2.78 bits per heavy atom. The molecule has 2 nitrogen and oxygen atoms in total. The normalized spacial score (nSPS) is 19.7. The predicted octanol–water partition coefficient (Wildman–Crippen LogP) is 4.32. The lowest BCUT2D eigenvalue weighted by Gasteiger charge is -2.16. The zero-order valence-electron chi connectivity index (χ0n) is 10.4. The molecule has 1 aliphatic rings. The molecule has 0 spiro atoms. The second kappa shape index (κ2) is 6.70. The van der Waals surface area contributed by atoms with Gasteiger partial charge in [0, 0.05) is 17.8 Å². The van der Waals surface area contributed by atoms with Crippen LogP contribution in [0.2, 0.25) is 0 Å². The molecule has 1 unspecified atom stereocenters. The fraction of sp³-hybridized carbons (Fsp3) is 0.250. The summed E-state index contributed by atoms with van der Waals surface area (Å²) in [7, 11) is 0. The molecule has 1 atom stereocenters. The SMILES string of the molecule is N=C(/C=C/C=Nc1ccccc1)C1CC=CCC1. The summed E-state index contributed by atoms with van der Waals surface area (Å²) in [6, 6.07) is 9.82. The van der Waals surface area contributed by atoms with Gasteiger partial charge in [-0.1, -0.05) is 30.4 Å². The van der Waals surface area contributed by atoms with Gasteiger partial charge in [0.25, 0.3) is 0 Å². The summed E-state index contributed by atoms with van der Waals surface area (Å²) in [5, 5.41) is 7.98. The maximum atomic E-state index is 7.98. The van der Waals surface area contributed by atoms with Gasteiger partial charge in [-0.3, -0.25) is 4.99 Å². The van der Waals surface area contributed by atoms with Gasteiger partial charge in [0.2, 0.25) is 0 Å². The van der Waals surface area contributed by atoms with Crippen molar-refractivity contribution in [2.24, 2.45) is 10.9 Å². The van der Waals surface area contributed by atoms with Crippen molar-refractivity contribution in [1.29, 1.82) is 5.41 Å². The molecule has 2 rings (SSSR count). The van der Waals surface area contributed by atoms with Gasteiger partial charge in [0.1, 0.15) is 0 Å². The third kappa shape index (κ3) is 3.81. The Morgan fingerprint density at radius 2 is 2.06 bits per heavy atom. The van der Waals surface area contributed by atoms with Crippen LogP contribution in [0.25, 0.3) is 0 Å². The van der Waals surface area contributed by atoms with Gasteiger partial charge in [0.15, 0.2) is 0 Å². The maximum absolute atomic E-state index is 7.98. The third-order valence-electron chi connectivity index (χ3n) is 3.05. The Balaban J connectivity index is 1.86. The molecular weight excluding hydrogens is 220 g/mol. The number of aliphatic imine (C=N–C) groups is 1. The average Bonchev–Trinajstić information content (AvgIpc) is 2.45. The Labute approximate surface area is 108 Å². The molecule has 18 heavy (non-hydrogen) atoms. The van der Waals surface area contributed by atoms with E-state index in [1.54, 1.807) is 6.21 Å². The highest BCUT2D eigenvalue weighted by molar-refractivity contribution is 5.97. The van der Waals surface area contributed by atoms with E-state index in [4.69, 9.17) is 5.41 Å². The number of nitrogens with one attached hydrogen (secondary N) is 1. The highest BCUT2D eigenvalue weighted by Crippen LogP contribution is 2.19. The van der Waals surface area contributed by atoms with Crippen LogP contribution < -0.4 is 0 Å². The standard InChI is InChI=1S/C16H18N2/c17-16(14-8-3-1-4-9-14)12-7-13-18-15-10-5-2-6-11-15/h1-3,5-7,10-14,17H,4,8-9H2/b12-7+,17-16?,18-13?. The summed E-state index contributed by atoms with van der Waals surface area (Å²) >= 11 is 0. The minimum atomic E-state index is 0.386. The van der Waals surface area contributed by atoms with E-state index >= 15 is 0 Å². The molecule has 0 fully saturated rings. The lowest BCUT2D eigenvalue weighted by molar-refractivity contribution is 0.616. The molecule has 2 heteroatoms. The van der Waals surface area contributed by atoms with Gasteiger partial charge in [-0.15, -0.1) is 0 Å². The first-order valence-corrected chi connectivity index (χ1v) is 6.35. The predicted molar refractivity (Wildman–Crippen MR) is 77.9 cm³/mol. The second-order valence-electron chi connectivity index (χ2n) is 4.41. The molecule has 0 aromatic heterocycles. The van der Waals surface area contributed by atoms with Crippen LogP contribution in [-0.2, 0) is 0 Å². The molecule has 1 N–H and O–H groups in total. The largest absolute Gasteiger partial charge is 0.305 e. The maximum Gasteiger partial charge on any atom is 0.0629 e. The van der Waals surface area contributed by atoms with E-state index < -0.39 is 0 Å². The van der Waals surface area contributed by atoms with E-state index in [1.165, 1.54) is 0 Å². The minimum Gasteiger partial charge on any atom is -0.305 e. The topological polar surface area (TPSA) is 36.2 Å². The van der Waals surface area contributed by atoms with Gasteiger partial charge in [0.05, 0.1) is 5.69 Å². The molecule has 1 aromatic carbocycles. The van der Waals surface area contributed by atoms with Crippen molar-refractivity contribution in [3.8, 4) is 0 Å². The number of allylic oxidation sites excluding steroid dienone is 4. The quantitative estimate of drug-likeness (QED) is 0.599. The van der Waals surface area contributed by atoms with Gasteiger partial charge in [-0.2, -0.15) is 0 Å². The molecule has 92 valence electrons. The van der Waals surface area contributed by atoms with Crippen molar-refractivity contribution in [3.63, 3.8) is 0 Å². The monoisotopic (exact) mass is 238 g/mol. The molecule has 0 bridgehead atoms. The molecule has 0 heterocycles. The van der Waals surface area contributed by atoms with Crippen molar-refractivity contribution < 1.29 is 0 Å². The Hall–Kier alpha value is -1.96. The van der Waals surface area contributed by atoms with Gasteiger partial charge in [-0.25, -0.2) is 0 Å². The Bertz CT molecular complexity index is 469. The molecule has 0 aliphatic heterocycles. The first-order valence-electron chi connectivity index (χ1n) is 6.35. The number of benzene rings is 1. The second-order valence-corrected chi connectivity index (χ2v) is 4.41. The lowest BCUT2D eigenvalue weighted by atomic mass is 9.90. The number of hydrogen-bond acceptors (Lipinski definition) is 2. The summed E-state index contributed by atoms with van der Waals surface area (Å²) < 4.78 is 0. The fourth-order valence-electron chi connectivity index (χ4n) is 2.00. The minimum absolute atomic E-state index is 0.386. The highest BCUT2D eigenvalue weighted by atomic mass is 14.7. The summed E-state index contributed by atoms with van der Waals surface area (Å²) in [4.78, 5) is 4.30. The molecule has 0 amide bonds. The first kappa shape index (κ1) is 12.5. The fourth-order valence-corrected chi connectivity index (χ4v) is 2.00. The molecule has 1 aromatic rings. The van der Waals surface area contributed by atoms with Crippen LogP contribution in [0.5, 0.6) is 0 Å². The van der Waals surface area contributed by atoms with E-state index in [2.05, 4.69) is 17.1 Å². The summed E-state index contributed by atoms with van der Waals surface area (Å²) in [6.07, 6.45) is 13.0. The first-order chi connectivity index (χ1) is 8.86. The van der Waals surface area contributed by atoms with Crippen LogP contribution in [0.3, 0.4) is 0 Å². The summed E-state index contributed by atoms with van der Waals surface area (Å²) in [5.41, 5.74) is 1.65. The number of nitrogens with zero attached hydrogens (tertiary/aromatic N) is 1.